The quantitative estimate of drug-likeness (QED) is 0.406. The van der Waals surface area contributed by atoms with Crippen molar-refractivity contribution in [3.05, 3.63) is 75.9 Å². The zero-order valence-electron chi connectivity index (χ0n) is 13.9. The maximum atomic E-state index is 13.6. The summed E-state index contributed by atoms with van der Waals surface area (Å²) in [6.45, 7) is 3.97. The van der Waals surface area contributed by atoms with Gasteiger partial charge in [0.05, 0.1) is 6.42 Å². The van der Waals surface area contributed by atoms with E-state index in [2.05, 4.69) is 0 Å². The van der Waals surface area contributed by atoms with Gasteiger partial charge in [-0.25, -0.2) is 9.18 Å². The fourth-order valence-corrected chi connectivity index (χ4v) is 2.67. The maximum Gasteiger partial charge on any atom is 0.336 e. The maximum absolute atomic E-state index is 13.6. The third-order valence-corrected chi connectivity index (χ3v) is 3.89. The average molecular weight is 340 g/mol. The van der Waals surface area contributed by atoms with Crippen LogP contribution < -0.4 is 10.4 Å². The van der Waals surface area contributed by atoms with Crippen molar-refractivity contribution in [3.8, 4) is 5.75 Å². The molecule has 3 aromatic rings. The van der Waals surface area contributed by atoms with Crippen LogP contribution in [0.2, 0.25) is 0 Å². The third-order valence-electron chi connectivity index (χ3n) is 3.89. The number of esters is 1. The Balaban J connectivity index is 1.86. The highest BCUT2D eigenvalue weighted by molar-refractivity contribution is 5.83. The highest BCUT2D eigenvalue weighted by Gasteiger charge is 2.13. The van der Waals surface area contributed by atoms with Gasteiger partial charge in [-0.15, -0.1) is 0 Å². The standard InChI is InChI=1S/C20H17FO4/c1-12(2)16-11-20(23)25-18-10-14(7-8-15(16)18)24-19(22)9-13-5-3-4-6-17(13)21/h3-8,10-12H,9H2,1-2H3. The number of hydrogen-bond acceptors (Lipinski definition) is 4. The summed E-state index contributed by atoms with van der Waals surface area (Å²) in [4.78, 5) is 23.7. The lowest BCUT2D eigenvalue weighted by Gasteiger charge is -2.10. The van der Waals surface area contributed by atoms with E-state index in [1.54, 1.807) is 24.3 Å². The van der Waals surface area contributed by atoms with Gasteiger partial charge in [-0.1, -0.05) is 32.0 Å². The molecule has 0 aliphatic rings. The number of benzene rings is 2. The number of rotatable bonds is 4. The van der Waals surface area contributed by atoms with E-state index in [1.807, 2.05) is 13.8 Å². The van der Waals surface area contributed by atoms with Gasteiger partial charge in [0, 0.05) is 17.5 Å². The van der Waals surface area contributed by atoms with Crippen LogP contribution in [0.4, 0.5) is 4.39 Å². The second-order valence-corrected chi connectivity index (χ2v) is 6.08. The van der Waals surface area contributed by atoms with Crippen molar-refractivity contribution in [1.82, 2.24) is 0 Å². The molecule has 0 radical (unpaired) electrons. The minimum absolute atomic E-state index is 0.154. The Morgan fingerprint density at radius 3 is 2.64 bits per heavy atom. The molecule has 0 bridgehead atoms. The summed E-state index contributed by atoms with van der Waals surface area (Å²) in [5.74, 6) is -0.642. The molecule has 1 heterocycles. The Bertz CT molecular complexity index is 988. The normalized spacial score (nSPS) is 11.0. The molecule has 0 saturated heterocycles. The van der Waals surface area contributed by atoms with Gasteiger partial charge >= 0.3 is 11.6 Å². The molecule has 0 spiro atoms. The van der Waals surface area contributed by atoms with Crippen molar-refractivity contribution in [1.29, 1.82) is 0 Å². The van der Waals surface area contributed by atoms with E-state index in [-0.39, 0.29) is 23.7 Å². The highest BCUT2D eigenvalue weighted by atomic mass is 19.1. The van der Waals surface area contributed by atoms with Gasteiger partial charge in [0.15, 0.2) is 0 Å². The monoisotopic (exact) mass is 340 g/mol. The minimum atomic E-state index is -0.591. The largest absolute Gasteiger partial charge is 0.426 e. The summed E-state index contributed by atoms with van der Waals surface area (Å²) in [5.41, 5.74) is 1.04. The predicted molar refractivity (Wildman–Crippen MR) is 92.3 cm³/mol. The molecule has 0 atom stereocenters. The van der Waals surface area contributed by atoms with E-state index in [1.165, 1.54) is 24.3 Å². The van der Waals surface area contributed by atoms with Gasteiger partial charge in [-0.3, -0.25) is 4.79 Å². The van der Waals surface area contributed by atoms with Gasteiger partial charge in [0.25, 0.3) is 0 Å². The number of carbonyl (C=O) groups is 1. The third kappa shape index (κ3) is 3.76. The Labute approximate surface area is 143 Å². The Morgan fingerprint density at radius 1 is 1.16 bits per heavy atom. The summed E-state index contributed by atoms with van der Waals surface area (Å²) < 4.78 is 24.1. The lowest BCUT2D eigenvalue weighted by Crippen LogP contribution is -2.12. The van der Waals surface area contributed by atoms with Gasteiger partial charge in [0.2, 0.25) is 0 Å². The first-order valence-electron chi connectivity index (χ1n) is 7.96. The van der Waals surface area contributed by atoms with Crippen molar-refractivity contribution in [3.63, 3.8) is 0 Å². The number of hydrogen-bond donors (Lipinski definition) is 0. The molecule has 0 fully saturated rings. The van der Waals surface area contributed by atoms with Gasteiger partial charge in [0.1, 0.15) is 17.1 Å². The lowest BCUT2D eigenvalue weighted by atomic mass is 10.00. The van der Waals surface area contributed by atoms with Crippen LogP contribution in [0.1, 0.15) is 30.9 Å². The zero-order chi connectivity index (χ0) is 18.0. The van der Waals surface area contributed by atoms with Crippen LogP contribution in [-0.2, 0) is 11.2 Å². The van der Waals surface area contributed by atoms with Crippen LogP contribution in [0.5, 0.6) is 5.75 Å². The molecule has 25 heavy (non-hydrogen) atoms. The Morgan fingerprint density at radius 2 is 1.92 bits per heavy atom. The number of ether oxygens (including phenoxy) is 1. The first-order chi connectivity index (χ1) is 11.9. The highest BCUT2D eigenvalue weighted by Crippen LogP contribution is 2.27. The second-order valence-electron chi connectivity index (χ2n) is 6.08. The molecule has 1 aromatic heterocycles. The predicted octanol–water partition coefficient (Wildman–Crippen LogP) is 4.20. The van der Waals surface area contributed by atoms with Crippen LogP contribution in [0, 0.1) is 5.82 Å². The zero-order valence-corrected chi connectivity index (χ0v) is 13.9. The molecule has 0 amide bonds. The summed E-state index contributed by atoms with van der Waals surface area (Å²) in [6, 6.07) is 12.4. The van der Waals surface area contributed by atoms with Crippen molar-refractivity contribution in [2.75, 3.05) is 0 Å². The van der Waals surface area contributed by atoms with E-state index in [9.17, 15) is 14.0 Å². The molecule has 2 aromatic carbocycles. The van der Waals surface area contributed by atoms with Crippen LogP contribution >= 0.6 is 0 Å². The molecule has 0 unspecified atom stereocenters. The van der Waals surface area contributed by atoms with Crippen molar-refractivity contribution < 1.29 is 18.3 Å². The summed E-state index contributed by atoms with van der Waals surface area (Å²) in [6.07, 6.45) is -0.180. The van der Waals surface area contributed by atoms with E-state index in [0.717, 1.165) is 10.9 Å². The lowest BCUT2D eigenvalue weighted by molar-refractivity contribution is -0.133. The fourth-order valence-electron chi connectivity index (χ4n) is 2.67. The van der Waals surface area contributed by atoms with Gasteiger partial charge in [-0.05, 0) is 35.2 Å². The van der Waals surface area contributed by atoms with Crippen LogP contribution in [0.15, 0.2) is 57.7 Å². The van der Waals surface area contributed by atoms with Crippen molar-refractivity contribution >= 4 is 16.9 Å². The first-order valence-corrected chi connectivity index (χ1v) is 7.96. The fraction of sp³-hybridized carbons (Fsp3) is 0.200. The molecule has 0 saturated carbocycles. The molecule has 3 rings (SSSR count). The number of carbonyl (C=O) groups excluding carboxylic acids is 1. The molecule has 0 aliphatic heterocycles. The number of halogens is 1. The summed E-state index contributed by atoms with van der Waals surface area (Å²) >= 11 is 0. The molecule has 128 valence electrons. The first kappa shape index (κ1) is 16.9. The van der Waals surface area contributed by atoms with Crippen molar-refractivity contribution in [2.24, 2.45) is 0 Å². The smallest absolute Gasteiger partial charge is 0.336 e. The average Bonchev–Trinajstić information content (AvgIpc) is 2.55. The summed E-state index contributed by atoms with van der Waals surface area (Å²) in [5, 5.41) is 0.795. The number of fused-ring (bicyclic) bond motifs is 1. The second kappa shape index (κ2) is 6.89. The topological polar surface area (TPSA) is 56.5 Å². The van der Waals surface area contributed by atoms with Crippen LogP contribution in [0.25, 0.3) is 11.0 Å². The van der Waals surface area contributed by atoms with Crippen LogP contribution in [-0.4, -0.2) is 5.97 Å². The Kier molecular flexibility index (Phi) is 4.65. The molecule has 0 aliphatic carbocycles. The van der Waals surface area contributed by atoms with E-state index >= 15 is 0 Å². The van der Waals surface area contributed by atoms with Gasteiger partial charge < -0.3 is 9.15 Å². The van der Waals surface area contributed by atoms with E-state index < -0.39 is 17.4 Å². The van der Waals surface area contributed by atoms with Gasteiger partial charge in [-0.2, -0.15) is 0 Å². The Hall–Kier alpha value is -2.95. The minimum Gasteiger partial charge on any atom is -0.426 e. The van der Waals surface area contributed by atoms with Crippen molar-refractivity contribution in [2.45, 2.75) is 26.2 Å². The molecule has 4 nitrogen and oxygen atoms in total. The summed E-state index contributed by atoms with van der Waals surface area (Å²) in [7, 11) is 0. The van der Waals surface area contributed by atoms with E-state index in [0.29, 0.717) is 5.58 Å². The van der Waals surface area contributed by atoms with E-state index in [4.69, 9.17) is 9.15 Å². The SMILES string of the molecule is CC(C)c1cc(=O)oc2cc(OC(=O)Cc3ccccc3F)ccc12. The molecule has 5 heteroatoms. The van der Waals surface area contributed by atoms with Crippen LogP contribution in [0.3, 0.4) is 0 Å². The molecular weight excluding hydrogens is 323 g/mol. The molecular formula is C20H17FO4. The molecule has 0 N–H and O–H groups in total.